The molecule has 0 atom stereocenters. The van der Waals surface area contributed by atoms with E-state index in [1.807, 2.05) is 0 Å². The molecule has 0 amide bonds. The molecule has 0 saturated carbocycles. The summed E-state index contributed by atoms with van der Waals surface area (Å²) < 4.78 is 6.30. The summed E-state index contributed by atoms with van der Waals surface area (Å²) in [6.07, 6.45) is 0. The highest BCUT2D eigenvalue weighted by Gasteiger charge is 2.20. The van der Waals surface area contributed by atoms with E-state index in [2.05, 4.69) is 5.10 Å². The number of hydrogen-bond acceptors (Lipinski definition) is 4. The molecule has 0 aliphatic heterocycles. The predicted molar refractivity (Wildman–Crippen MR) is 46.0 cm³/mol. The van der Waals surface area contributed by atoms with E-state index in [-0.39, 0.29) is 23.1 Å². The molecule has 0 spiro atoms. The zero-order valence-corrected chi connectivity index (χ0v) is 7.87. The lowest BCUT2D eigenvalue weighted by atomic mass is 10.2. The molecule has 0 radical (unpaired) electrons. The zero-order chi connectivity index (χ0) is 10.0. The minimum atomic E-state index is -0.256. The minimum absolute atomic E-state index is 0.143. The van der Waals surface area contributed by atoms with Crippen molar-refractivity contribution >= 4 is 5.78 Å². The van der Waals surface area contributed by atoms with Crippen molar-refractivity contribution in [2.75, 3.05) is 6.61 Å². The van der Waals surface area contributed by atoms with Crippen LogP contribution < -0.4 is 4.74 Å². The Morgan fingerprint density at radius 2 is 2.31 bits per heavy atom. The molecule has 0 bridgehead atoms. The maximum Gasteiger partial charge on any atom is 0.247 e. The number of aryl methyl sites for hydroxylation is 1. The molecule has 5 heteroatoms. The van der Waals surface area contributed by atoms with E-state index in [0.29, 0.717) is 6.61 Å². The highest BCUT2D eigenvalue weighted by Crippen LogP contribution is 2.26. The number of ketones is 1. The van der Waals surface area contributed by atoms with Gasteiger partial charge in [0, 0.05) is 7.05 Å². The summed E-state index contributed by atoms with van der Waals surface area (Å²) >= 11 is 0. The van der Waals surface area contributed by atoms with Gasteiger partial charge in [0.2, 0.25) is 11.8 Å². The Labute approximate surface area is 75.9 Å². The molecule has 1 aromatic heterocycles. The van der Waals surface area contributed by atoms with E-state index in [4.69, 9.17) is 4.74 Å². The quantitative estimate of drug-likeness (QED) is 0.703. The molecule has 0 aliphatic rings. The Kier molecular flexibility index (Phi) is 2.55. The number of aromatic nitrogens is 2. The molecule has 5 nitrogen and oxygen atoms in total. The van der Waals surface area contributed by atoms with Gasteiger partial charge in [0.15, 0.2) is 5.78 Å². The number of nitrogens with zero attached hydrogens (tertiary/aromatic N) is 2. The van der Waals surface area contributed by atoms with E-state index in [1.165, 1.54) is 11.6 Å². The first-order valence-electron chi connectivity index (χ1n) is 3.97. The zero-order valence-electron chi connectivity index (χ0n) is 7.87. The molecule has 0 aliphatic carbocycles. The van der Waals surface area contributed by atoms with Crippen molar-refractivity contribution in [2.45, 2.75) is 13.8 Å². The number of ether oxygens (including phenoxy) is 1. The van der Waals surface area contributed by atoms with Gasteiger partial charge >= 0.3 is 0 Å². The van der Waals surface area contributed by atoms with Crippen LogP contribution in [0.5, 0.6) is 11.8 Å². The minimum Gasteiger partial charge on any atom is -0.493 e. The SMILES string of the molecule is CCOc1nn(C)c(O)c1C(C)=O. The van der Waals surface area contributed by atoms with Gasteiger partial charge in [0.25, 0.3) is 0 Å². The fourth-order valence-corrected chi connectivity index (χ4v) is 1.04. The topological polar surface area (TPSA) is 64.3 Å². The highest BCUT2D eigenvalue weighted by atomic mass is 16.5. The molecule has 0 aromatic carbocycles. The number of carbonyl (C=O) groups excluding carboxylic acids is 1. The maximum atomic E-state index is 11.1. The molecule has 1 heterocycles. The third-order valence-corrected chi connectivity index (χ3v) is 1.62. The van der Waals surface area contributed by atoms with Crippen molar-refractivity contribution in [1.82, 2.24) is 9.78 Å². The lowest BCUT2D eigenvalue weighted by molar-refractivity contribution is 0.101. The summed E-state index contributed by atoms with van der Waals surface area (Å²) in [4.78, 5) is 11.1. The van der Waals surface area contributed by atoms with Crippen molar-refractivity contribution in [3.63, 3.8) is 0 Å². The van der Waals surface area contributed by atoms with Gasteiger partial charge in [0.1, 0.15) is 5.56 Å². The van der Waals surface area contributed by atoms with E-state index in [9.17, 15) is 9.90 Å². The van der Waals surface area contributed by atoms with Crippen molar-refractivity contribution in [3.8, 4) is 11.8 Å². The van der Waals surface area contributed by atoms with Crippen LogP contribution in [0.15, 0.2) is 0 Å². The summed E-state index contributed by atoms with van der Waals surface area (Å²) in [5.74, 6) is -0.222. The van der Waals surface area contributed by atoms with E-state index in [1.54, 1.807) is 14.0 Å². The molecular weight excluding hydrogens is 172 g/mol. The van der Waals surface area contributed by atoms with Crippen LogP contribution in [-0.4, -0.2) is 27.3 Å². The van der Waals surface area contributed by atoms with Crippen molar-refractivity contribution < 1.29 is 14.6 Å². The molecule has 0 saturated heterocycles. The third kappa shape index (κ3) is 1.63. The van der Waals surface area contributed by atoms with Gasteiger partial charge in [-0.05, 0) is 13.8 Å². The summed E-state index contributed by atoms with van der Waals surface area (Å²) in [7, 11) is 1.55. The average molecular weight is 184 g/mol. The Balaban J connectivity index is 3.18. The first-order chi connectivity index (χ1) is 6.07. The van der Waals surface area contributed by atoms with E-state index in [0.717, 1.165) is 0 Å². The highest BCUT2D eigenvalue weighted by molar-refractivity contribution is 5.98. The standard InChI is InChI=1S/C8H12N2O3/c1-4-13-7-6(5(2)11)8(12)10(3)9-7/h12H,4H2,1-3H3. The van der Waals surface area contributed by atoms with Crippen LogP contribution in [0.4, 0.5) is 0 Å². The van der Waals surface area contributed by atoms with Gasteiger partial charge in [-0.15, -0.1) is 5.10 Å². The van der Waals surface area contributed by atoms with Gasteiger partial charge in [0.05, 0.1) is 6.61 Å². The van der Waals surface area contributed by atoms with Crippen LogP contribution in [0, 0.1) is 0 Å². The van der Waals surface area contributed by atoms with Crippen molar-refractivity contribution in [3.05, 3.63) is 5.56 Å². The first-order valence-corrected chi connectivity index (χ1v) is 3.97. The first kappa shape index (κ1) is 9.57. The second-order valence-corrected chi connectivity index (χ2v) is 2.62. The summed E-state index contributed by atoms with van der Waals surface area (Å²) in [5.41, 5.74) is 0.143. The fourth-order valence-electron chi connectivity index (χ4n) is 1.04. The van der Waals surface area contributed by atoms with Crippen molar-refractivity contribution in [1.29, 1.82) is 0 Å². The lowest BCUT2D eigenvalue weighted by Gasteiger charge is -1.98. The average Bonchev–Trinajstić information content (AvgIpc) is 2.28. The number of Topliss-reactive ketones (excluding diaryl/α,β-unsaturated/α-hetero) is 1. The van der Waals surface area contributed by atoms with Crippen LogP contribution in [0.3, 0.4) is 0 Å². The number of aromatic hydroxyl groups is 1. The molecule has 1 N–H and O–H groups in total. The van der Waals surface area contributed by atoms with Gasteiger partial charge in [-0.25, -0.2) is 4.68 Å². The van der Waals surface area contributed by atoms with Gasteiger partial charge in [-0.3, -0.25) is 4.79 Å². The predicted octanol–water partition coefficient (Wildman–Crippen LogP) is 0.727. The van der Waals surface area contributed by atoms with Crippen LogP contribution in [0.1, 0.15) is 24.2 Å². The Bertz CT molecular complexity index is 330. The number of carbonyl (C=O) groups is 1. The van der Waals surface area contributed by atoms with Gasteiger partial charge < -0.3 is 9.84 Å². The Hall–Kier alpha value is -1.52. The molecule has 0 fully saturated rings. The van der Waals surface area contributed by atoms with Crippen LogP contribution in [0.2, 0.25) is 0 Å². The summed E-state index contributed by atoms with van der Waals surface area (Å²) in [6.45, 7) is 3.56. The van der Waals surface area contributed by atoms with Gasteiger partial charge in [-0.2, -0.15) is 0 Å². The molecule has 0 unspecified atom stereocenters. The number of hydrogen-bond donors (Lipinski definition) is 1. The lowest BCUT2D eigenvalue weighted by Crippen LogP contribution is -1.98. The molecule has 1 aromatic rings. The third-order valence-electron chi connectivity index (χ3n) is 1.62. The fraction of sp³-hybridized carbons (Fsp3) is 0.500. The maximum absolute atomic E-state index is 11.1. The largest absolute Gasteiger partial charge is 0.493 e. The molecular formula is C8H12N2O3. The van der Waals surface area contributed by atoms with Crippen molar-refractivity contribution in [2.24, 2.45) is 7.05 Å². The molecule has 13 heavy (non-hydrogen) atoms. The normalized spacial score (nSPS) is 10.1. The molecule has 1 rings (SSSR count). The number of rotatable bonds is 3. The van der Waals surface area contributed by atoms with Crippen LogP contribution in [0.25, 0.3) is 0 Å². The Morgan fingerprint density at radius 3 is 2.77 bits per heavy atom. The smallest absolute Gasteiger partial charge is 0.247 e. The summed E-state index contributed by atoms with van der Waals surface area (Å²) in [6, 6.07) is 0. The van der Waals surface area contributed by atoms with E-state index >= 15 is 0 Å². The van der Waals surface area contributed by atoms with Crippen LogP contribution in [-0.2, 0) is 7.05 Å². The Morgan fingerprint density at radius 1 is 1.69 bits per heavy atom. The second-order valence-electron chi connectivity index (χ2n) is 2.62. The van der Waals surface area contributed by atoms with Crippen LogP contribution >= 0.6 is 0 Å². The molecule has 72 valence electrons. The van der Waals surface area contributed by atoms with Gasteiger partial charge in [-0.1, -0.05) is 0 Å². The monoisotopic (exact) mass is 184 g/mol. The second kappa shape index (κ2) is 3.47. The summed E-state index contributed by atoms with van der Waals surface area (Å²) in [5, 5.41) is 13.3. The van der Waals surface area contributed by atoms with E-state index < -0.39 is 0 Å².